The Bertz CT molecular complexity index is 51.9. The van der Waals surface area contributed by atoms with Crippen LogP contribution in [0.15, 0.2) is 38.3 Å². The minimum atomic E-state index is 1.42. The zero-order chi connectivity index (χ0) is 8.12. The number of rotatable bonds is 2. The van der Waals surface area contributed by atoms with Gasteiger partial charge in [0.2, 0.25) is 0 Å². The average Bonchev–Trinajstić information content (AvgIpc) is 1.98. The van der Waals surface area contributed by atoms with Gasteiger partial charge in [0.25, 0.3) is 0 Å². The molecule has 0 aromatic heterocycles. The maximum absolute atomic E-state index is 4.42. The highest BCUT2D eigenvalue weighted by molar-refractivity contribution is 8.22. The van der Waals surface area contributed by atoms with Crippen molar-refractivity contribution in [1.29, 1.82) is 0 Å². The molecule has 0 aliphatic rings. The van der Waals surface area contributed by atoms with Gasteiger partial charge in [0.15, 0.2) is 0 Å². The molecule has 0 spiro atoms. The quantitative estimate of drug-likeness (QED) is 0.448. The summed E-state index contributed by atoms with van der Waals surface area (Å²) in [6, 6.07) is 0. The van der Waals surface area contributed by atoms with Crippen molar-refractivity contribution < 1.29 is 0 Å². The van der Waals surface area contributed by atoms with Crippen LogP contribution in [0.5, 0.6) is 0 Å². The van der Waals surface area contributed by atoms with Gasteiger partial charge in [0.1, 0.15) is 0 Å². The second kappa shape index (κ2) is 48.0. The van der Waals surface area contributed by atoms with Gasteiger partial charge in [-0.1, -0.05) is 30.6 Å². The SMILES string of the molecule is C=C.C=C.C=CSC=S. The van der Waals surface area contributed by atoms with Crippen molar-refractivity contribution in [2.75, 3.05) is 0 Å². The molecule has 0 amide bonds. The second-order valence-electron chi connectivity index (χ2n) is 0.399. The summed E-state index contributed by atoms with van der Waals surface area (Å²) in [5.41, 5.74) is 0. The number of hydrogen-bond donors (Lipinski definition) is 0. The minimum absolute atomic E-state index is 1.42. The van der Waals surface area contributed by atoms with Crippen LogP contribution in [0.2, 0.25) is 0 Å². The van der Waals surface area contributed by atoms with Gasteiger partial charge < -0.3 is 0 Å². The molecule has 0 saturated heterocycles. The van der Waals surface area contributed by atoms with E-state index in [1.807, 2.05) is 0 Å². The molecule has 0 unspecified atom stereocenters. The standard InChI is InChI=1S/C3H4S2.2C2H4/c1-2-5-3-4;2*1-2/h2-3H,1H2;2*1-2H2. The lowest BCUT2D eigenvalue weighted by Crippen LogP contribution is -1.37. The number of thioether (sulfide) groups is 1. The molecule has 0 aliphatic heterocycles. The lowest BCUT2D eigenvalue weighted by atomic mass is 11.3. The van der Waals surface area contributed by atoms with E-state index in [2.05, 4.69) is 45.1 Å². The van der Waals surface area contributed by atoms with Gasteiger partial charge in [0.05, 0.1) is 0 Å². The van der Waals surface area contributed by atoms with E-state index < -0.39 is 0 Å². The van der Waals surface area contributed by atoms with Crippen LogP contribution in [-0.2, 0) is 0 Å². The third-order valence-electron chi connectivity index (χ3n) is 0.152. The largest absolute Gasteiger partial charge is 0.106 e. The average molecular weight is 160 g/mol. The van der Waals surface area contributed by atoms with Crippen LogP contribution in [0.1, 0.15) is 0 Å². The topological polar surface area (TPSA) is 0 Å². The molecule has 0 aromatic carbocycles. The Morgan fingerprint density at radius 3 is 1.44 bits per heavy atom. The van der Waals surface area contributed by atoms with E-state index in [0.717, 1.165) is 0 Å². The van der Waals surface area contributed by atoms with Crippen molar-refractivity contribution in [3.8, 4) is 0 Å². The van der Waals surface area contributed by atoms with Crippen molar-refractivity contribution >= 4 is 28.7 Å². The van der Waals surface area contributed by atoms with Crippen molar-refractivity contribution in [3.63, 3.8) is 0 Å². The van der Waals surface area contributed by atoms with E-state index in [4.69, 9.17) is 0 Å². The fraction of sp³-hybridized carbons (Fsp3) is 0. The number of hydrogen-bond acceptors (Lipinski definition) is 2. The van der Waals surface area contributed by atoms with E-state index in [0.29, 0.717) is 0 Å². The van der Waals surface area contributed by atoms with Crippen LogP contribution < -0.4 is 0 Å². The molecule has 0 heterocycles. The Labute approximate surface area is 67.4 Å². The van der Waals surface area contributed by atoms with Crippen LogP contribution in [0.25, 0.3) is 0 Å². The minimum Gasteiger partial charge on any atom is -0.106 e. The maximum atomic E-state index is 4.42. The predicted octanol–water partition coefficient (Wildman–Crippen LogP) is 3.42. The van der Waals surface area contributed by atoms with Crippen LogP contribution >= 0.6 is 24.0 Å². The van der Waals surface area contributed by atoms with Gasteiger partial charge in [0, 0.05) is 4.70 Å². The van der Waals surface area contributed by atoms with Gasteiger partial charge >= 0.3 is 0 Å². The summed E-state index contributed by atoms with van der Waals surface area (Å²) in [6.45, 7) is 15.4. The predicted molar refractivity (Wildman–Crippen MR) is 54.0 cm³/mol. The number of thiocarbonyl (C=S) groups is 1. The van der Waals surface area contributed by atoms with Crippen molar-refractivity contribution in [2.24, 2.45) is 0 Å². The zero-order valence-corrected chi connectivity index (χ0v) is 7.14. The summed E-state index contributed by atoms with van der Waals surface area (Å²) in [5.74, 6) is 0. The van der Waals surface area contributed by atoms with Gasteiger partial charge in [-0.25, -0.2) is 0 Å². The molecule has 0 nitrogen and oxygen atoms in total. The third-order valence-corrected chi connectivity index (χ3v) is 0.789. The normalized spacial score (nSPS) is 4.44. The van der Waals surface area contributed by atoms with E-state index in [1.165, 1.54) is 11.8 Å². The Hall–Kier alpha value is -0.340. The fourth-order valence-corrected chi connectivity index (χ4v) is 0.354. The lowest BCUT2D eigenvalue weighted by Gasteiger charge is -1.63. The molecule has 0 radical (unpaired) electrons. The summed E-state index contributed by atoms with van der Waals surface area (Å²) in [7, 11) is 0. The summed E-state index contributed by atoms with van der Waals surface area (Å²) in [6.07, 6.45) is 0. The van der Waals surface area contributed by atoms with Crippen molar-refractivity contribution in [3.05, 3.63) is 38.3 Å². The highest BCUT2D eigenvalue weighted by Gasteiger charge is 1.54. The molecule has 9 heavy (non-hydrogen) atoms. The Kier molecular flexibility index (Phi) is 84.6. The Morgan fingerprint density at radius 2 is 1.44 bits per heavy atom. The molecule has 0 bridgehead atoms. The van der Waals surface area contributed by atoms with Crippen LogP contribution in [0.3, 0.4) is 0 Å². The summed E-state index contributed by atoms with van der Waals surface area (Å²) < 4.78 is 1.56. The van der Waals surface area contributed by atoms with Gasteiger partial charge in [-0.2, -0.15) is 0 Å². The molecule has 0 aliphatic carbocycles. The Morgan fingerprint density at radius 1 is 1.11 bits per heavy atom. The van der Waals surface area contributed by atoms with Gasteiger partial charge in [-0.3, -0.25) is 0 Å². The molecule has 0 fully saturated rings. The van der Waals surface area contributed by atoms with E-state index >= 15 is 0 Å². The summed E-state index contributed by atoms with van der Waals surface area (Å²) in [5, 5.41) is 1.69. The van der Waals surface area contributed by atoms with E-state index in [-0.39, 0.29) is 0 Å². The lowest BCUT2D eigenvalue weighted by molar-refractivity contribution is 2.69. The van der Waals surface area contributed by atoms with Crippen LogP contribution in [0, 0.1) is 0 Å². The van der Waals surface area contributed by atoms with Crippen LogP contribution in [0.4, 0.5) is 0 Å². The van der Waals surface area contributed by atoms with Gasteiger partial charge in [-0.15, -0.1) is 26.3 Å². The molecule has 0 N–H and O–H groups in total. The zero-order valence-electron chi connectivity index (χ0n) is 5.51. The first kappa shape index (κ1) is 15.9. The van der Waals surface area contributed by atoms with Crippen molar-refractivity contribution in [2.45, 2.75) is 0 Å². The monoisotopic (exact) mass is 160 g/mol. The summed E-state index contributed by atoms with van der Waals surface area (Å²) >= 11 is 5.83. The molecule has 52 valence electrons. The molecular weight excluding hydrogens is 148 g/mol. The van der Waals surface area contributed by atoms with E-state index in [1.54, 1.807) is 10.1 Å². The third kappa shape index (κ3) is 89.1. The fourth-order valence-electron chi connectivity index (χ4n) is 0.0393. The first-order valence-corrected chi connectivity index (χ1v) is 3.53. The Balaban J connectivity index is -0.0000000771. The molecule has 0 aromatic rings. The second-order valence-corrected chi connectivity index (χ2v) is 1.77. The molecule has 0 atom stereocenters. The molecule has 0 saturated carbocycles. The molecule has 2 heteroatoms. The first-order chi connectivity index (χ1) is 4.41. The van der Waals surface area contributed by atoms with Gasteiger partial charge in [-0.05, 0) is 5.41 Å². The molecular formula is C7H12S2. The van der Waals surface area contributed by atoms with E-state index in [9.17, 15) is 0 Å². The summed E-state index contributed by atoms with van der Waals surface area (Å²) in [4.78, 5) is 0. The smallest absolute Gasteiger partial charge is 0.0385 e. The molecule has 0 rings (SSSR count). The van der Waals surface area contributed by atoms with Crippen LogP contribution in [-0.4, -0.2) is 4.70 Å². The highest BCUT2D eigenvalue weighted by Crippen LogP contribution is 1.90. The maximum Gasteiger partial charge on any atom is 0.0385 e. The highest BCUT2D eigenvalue weighted by atomic mass is 32.2. The first-order valence-electron chi connectivity index (χ1n) is 2.12. The van der Waals surface area contributed by atoms with Crippen molar-refractivity contribution in [1.82, 2.24) is 0 Å².